The second-order valence-corrected chi connectivity index (χ2v) is 4.95. The van der Waals surface area contributed by atoms with Gasteiger partial charge in [-0.15, -0.1) is 0 Å². The summed E-state index contributed by atoms with van der Waals surface area (Å²) in [5.41, 5.74) is 6.78. The molecule has 4 nitrogen and oxygen atoms in total. The fraction of sp³-hybridized carbons (Fsp3) is 0.333. The summed E-state index contributed by atoms with van der Waals surface area (Å²) in [7, 11) is 0. The lowest BCUT2D eigenvalue weighted by Crippen LogP contribution is -2.39. The molecule has 0 radical (unpaired) electrons. The van der Waals surface area contributed by atoms with Crippen LogP contribution < -0.4 is 5.73 Å². The Labute approximate surface area is 105 Å². The first-order valence-electron chi connectivity index (χ1n) is 5.25. The summed E-state index contributed by atoms with van der Waals surface area (Å²) in [6.07, 6.45) is 1.86. The quantitative estimate of drug-likeness (QED) is 0.886. The first kappa shape index (κ1) is 11.9. The lowest BCUT2D eigenvalue weighted by atomic mass is 10.1. The van der Waals surface area contributed by atoms with Crippen LogP contribution in [0.3, 0.4) is 0 Å². The van der Waals surface area contributed by atoms with Crippen LogP contribution in [0.25, 0.3) is 10.9 Å². The van der Waals surface area contributed by atoms with Gasteiger partial charge in [0.15, 0.2) is 0 Å². The van der Waals surface area contributed by atoms with E-state index in [1.54, 1.807) is 11.6 Å². The topological polar surface area (TPSA) is 67.6 Å². The minimum Gasteiger partial charge on any atom is -0.312 e. The molecule has 2 rings (SSSR count). The first-order valence-corrected chi connectivity index (χ1v) is 5.62. The van der Waals surface area contributed by atoms with Gasteiger partial charge in [-0.1, -0.05) is 11.6 Å². The van der Waals surface area contributed by atoms with Crippen LogP contribution in [-0.4, -0.2) is 15.3 Å². The van der Waals surface area contributed by atoms with Gasteiger partial charge in [0.05, 0.1) is 18.1 Å². The minimum absolute atomic E-state index is 0.356. The maximum absolute atomic E-state index is 8.89. The van der Waals surface area contributed by atoms with Crippen molar-refractivity contribution in [2.45, 2.75) is 25.9 Å². The molecule has 88 valence electrons. The molecule has 2 aromatic rings. The molecular formula is C12H13ClN4. The Morgan fingerprint density at radius 1 is 1.59 bits per heavy atom. The summed E-state index contributed by atoms with van der Waals surface area (Å²) >= 11 is 5.98. The van der Waals surface area contributed by atoms with E-state index in [0.29, 0.717) is 11.6 Å². The summed E-state index contributed by atoms with van der Waals surface area (Å²) in [4.78, 5) is 0. The fourth-order valence-corrected chi connectivity index (χ4v) is 2.05. The monoisotopic (exact) mass is 248 g/mol. The number of aryl methyl sites for hydroxylation is 1. The molecule has 1 aromatic carbocycles. The van der Waals surface area contributed by atoms with Crippen LogP contribution in [0, 0.1) is 18.3 Å². The Morgan fingerprint density at radius 3 is 2.94 bits per heavy atom. The maximum atomic E-state index is 8.89. The van der Waals surface area contributed by atoms with E-state index in [0.717, 1.165) is 16.5 Å². The SMILES string of the molecule is Cc1cc(Cl)cc2cn(CC(C)(N)C#N)nc12. The van der Waals surface area contributed by atoms with Crippen LogP contribution in [0.1, 0.15) is 12.5 Å². The minimum atomic E-state index is -0.917. The molecule has 0 fully saturated rings. The molecule has 17 heavy (non-hydrogen) atoms. The van der Waals surface area contributed by atoms with E-state index in [1.165, 1.54) is 0 Å². The molecule has 5 heteroatoms. The molecule has 0 aliphatic rings. The second-order valence-electron chi connectivity index (χ2n) is 4.52. The highest BCUT2D eigenvalue weighted by molar-refractivity contribution is 6.31. The van der Waals surface area contributed by atoms with Gasteiger partial charge in [0.25, 0.3) is 0 Å². The standard InChI is InChI=1S/C12H13ClN4/c1-8-3-10(13)4-9-5-17(16-11(8)9)7-12(2,15)6-14/h3-5H,7,15H2,1-2H3. The molecular weight excluding hydrogens is 236 g/mol. The number of hydrogen-bond acceptors (Lipinski definition) is 3. The number of nitriles is 1. The third kappa shape index (κ3) is 2.41. The Kier molecular flexibility index (Phi) is 2.82. The summed E-state index contributed by atoms with van der Waals surface area (Å²) in [5.74, 6) is 0. The van der Waals surface area contributed by atoms with Crippen molar-refractivity contribution in [1.29, 1.82) is 5.26 Å². The van der Waals surface area contributed by atoms with Crippen LogP contribution in [0.4, 0.5) is 0 Å². The van der Waals surface area contributed by atoms with Crippen molar-refractivity contribution in [1.82, 2.24) is 9.78 Å². The van der Waals surface area contributed by atoms with E-state index >= 15 is 0 Å². The number of halogens is 1. The summed E-state index contributed by atoms with van der Waals surface area (Å²) in [5, 5.41) is 15.0. The third-order valence-corrected chi connectivity index (χ3v) is 2.78. The first-order chi connectivity index (χ1) is 7.91. The van der Waals surface area contributed by atoms with Gasteiger partial charge < -0.3 is 5.73 Å². The van der Waals surface area contributed by atoms with Gasteiger partial charge in [0.2, 0.25) is 0 Å². The average Bonchev–Trinajstić information content (AvgIpc) is 2.59. The van der Waals surface area contributed by atoms with Crippen molar-refractivity contribution in [3.05, 3.63) is 28.9 Å². The van der Waals surface area contributed by atoms with Crippen molar-refractivity contribution in [2.24, 2.45) is 5.73 Å². The molecule has 0 saturated heterocycles. The second kappa shape index (κ2) is 4.02. The van der Waals surface area contributed by atoms with Crippen LogP contribution in [0.2, 0.25) is 5.02 Å². The van der Waals surface area contributed by atoms with Crippen molar-refractivity contribution in [2.75, 3.05) is 0 Å². The third-order valence-electron chi connectivity index (χ3n) is 2.56. The highest BCUT2D eigenvalue weighted by Crippen LogP contribution is 2.22. The zero-order chi connectivity index (χ0) is 12.6. The normalized spacial score (nSPS) is 14.5. The molecule has 2 N–H and O–H groups in total. The number of nitrogens with zero attached hydrogens (tertiary/aromatic N) is 3. The highest BCUT2D eigenvalue weighted by Gasteiger charge is 2.19. The number of rotatable bonds is 2. The molecule has 0 aliphatic heterocycles. The van der Waals surface area contributed by atoms with E-state index < -0.39 is 5.54 Å². The van der Waals surface area contributed by atoms with Gasteiger partial charge in [-0.2, -0.15) is 10.4 Å². The Balaban J connectivity index is 2.46. The van der Waals surface area contributed by atoms with Gasteiger partial charge in [0, 0.05) is 16.6 Å². The Hall–Kier alpha value is -1.57. The zero-order valence-electron chi connectivity index (χ0n) is 9.74. The van der Waals surface area contributed by atoms with Crippen LogP contribution in [0.15, 0.2) is 18.3 Å². The van der Waals surface area contributed by atoms with Gasteiger partial charge >= 0.3 is 0 Å². The molecule has 1 heterocycles. The molecule has 0 bridgehead atoms. The maximum Gasteiger partial charge on any atom is 0.121 e. The Bertz CT molecular complexity index is 607. The van der Waals surface area contributed by atoms with Gasteiger partial charge in [-0.05, 0) is 31.5 Å². The van der Waals surface area contributed by atoms with Crippen molar-refractivity contribution in [3.63, 3.8) is 0 Å². The van der Waals surface area contributed by atoms with Crippen LogP contribution in [0.5, 0.6) is 0 Å². The zero-order valence-corrected chi connectivity index (χ0v) is 10.5. The smallest absolute Gasteiger partial charge is 0.121 e. The number of fused-ring (bicyclic) bond motifs is 1. The van der Waals surface area contributed by atoms with Gasteiger partial charge in [-0.25, -0.2) is 0 Å². The van der Waals surface area contributed by atoms with Crippen molar-refractivity contribution in [3.8, 4) is 6.07 Å². The fourth-order valence-electron chi connectivity index (χ4n) is 1.77. The van der Waals surface area contributed by atoms with E-state index in [2.05, 4.69) is 11.2 Å². The number of nitrogens with two attached hydrogens (primary N) is 1. The largest absolute Gasteiger partial charge is 0.312 e. The van der Waals surface area contributed by atoms with Crippen LogP contribution in [-0.2, 0) is 6.54 Å². The Morgan fingerprint density at radius 2 is 2.29 bits per heavy atom. The van der Waals surface area contributed by atoms with E-state index in [1.807, 2.05) is 25.3 Å². The van der Waals surface area contributed by atoms with Crippen molar-refractivity contribution >= 4 is 22.5 Å². The summed E-state index contributed by atoms with van der Waals surface area (Å²) in [6, 6.07) is 5.77. The van der Waals surface area contributed by atoms with Gasteiger partial charge in [-0.3, -0.25) is 4.68 Å². The molecule has 0 aliphatic carbocycles. The molecule has 1 unspecified atom stereocenters. The van der Waals surface area contributed by atoms with Gasteiger partial charge in [0.1, 0.15) is 5.54 Å². The summed E-state index contributed by atoms with van der Waals surface area (Å²) < 4.78 is 1.69. The lowest BCUT2D eigenvalue weighted by Gasteiger charge is -2.14. The van der Waals surface area contributed by atoms with E-state index in [4.69, 9.17) is 22.6 Å². The molecule has 0 spiro atoms. The van der Waals surface area contributed by atoms with E-state index in [-0.39, 0.29) is 0 Å². The molecule has 1 atom stereocenters. The number of benzene rings is 1. The number of hydrogen-bond donors (Lipinski definition) is 1. The predicted octanol–water partition coefficient (Wildman–Crippen LogP) is 2.24. The molecule has 0 amide bonds. The predicted molar refractivity (Wildman–Crippen MR) is 67.7 cm³/mol. The highest BCUT2D eigenvalue weighted by atomic mass is 35.5. The summed E-state index contributed by atoms with van der Waals surface area (Å²) in [6.45, 7) is 3.99. The average molecular weight is 249 g/mol. The molecule has 0 saturated carbocycles. The van der Waals surface area contributed by atoms with Crippen LogP contribution >= 0.6 is 11.6 Å². The number of aromatic nitrogens is 2. The van der Waals surface area contributed by atoms with E-state index in [9.17, 15) is 0 Å². The molecule has 1 aromatic heterocycles. The van der Waals surface area contributed by atoms with Crippen molar-refractivity contribution < 1.29 is 0 Å². The lowest BCUT2D eigenvalue weighted by molar-refractivity contribution is 0.462.